The smallest absolute Gasteiger partial charge is 0.407 e. The third-order valence-corrected chi connectivity index (χ3v) is 5.89. The van der Waals surface area contributed by atoms with Crippen LogP contribution in [0.15, 0.2) is 47.5 Å². The van der Waals surface area contributed by atoms with E-state index in [9.17, 15) is 13.2 Å². The molecule has 1 N–H and O–H groups in total. The largest absolute Gasteiger partial charge is 0.465 e. The summed E-state index contributed by atoms with van der Waals surface area (Å²) in [4.78, 5) is 19.4. The molecule has 2 heterocycles. The average Bonchev–Trinajstić information content (AvgIpc) is 2.66. The van der Waals surface area contributed by atoms with Crippen LogP contribution in [0.1, 0.15) is 5.56 Å². The minimum absolute atomic E-state index is 0.297. The molecule has 0 bridgehead atoms. The third-order valence-electron chi connectivity index (χ3n) is 4.76. The van der Waals surface area contributed by atoms with Gasteiger partial charge in [-0.25, -0.2) is 13.2 Å². The Balaban J connectivity index is 1.55. The number of carboxylic acid groups (broad SMARTS) is 1. The van der Waals surface area contributed by atoms with Crippen molar-refractivity contribution in [2.24, 2.45) is 0 Å². The van der Waals surface area contributed by atoms with Crippen LogP contribution in [-0.4, -0.2) is 73.4 Å². The molecule has 1 aromatic heterocycles. The fourth-order valence-corrected chi connectivity index (χ4v) is 3.70. The van der Waals surface area contributed by atoms with E-state index in [4.69, 9.17) is 5.11 Å². The molecule has 0 unspecified atom stereocenters. The molecule has 7 nitrogen and oxygen atoms in total. The standard InChI is InChI=1S/C19H23N3O4S/c1-27(25,26)17-5-3-16(4-6-17)18-7-2-15(14-20-18)8-9-21-10-12-22(13-11-21)19(23)24/h2-7,14H,8-13H2,1H3,(H,23,24). The molecule has 1 aliphatic heterocycles. The van der Waals surface area contributed by atoms with Crippen LogP contribution in [0.3, 0.4) is 0 Å². The lowest BCUT2D eigenvalue weighted by atomic mass is 10.1. The highest BCUT2D eigenvalue weighted by Crippen LogP contribution is 2.20. The molecule has 0 radical (unpaired) electrons. The lowest BCUT2D eigenvalue weighted by molar-refractivity contribution is 0.106. The lowest BCUT2D eigenvalue weighted by Gasteiger charge is -2.33. The van der Waals surface area contributed by atoms with Crippen molar-refractivity contribution in [2.45, 2.75) is 11.3 Å². The molecule has 2 aromatic rings. The summed E-state index contributed by atoms with van der Waals surface area (Å²) in [7, 11) is -3.20. The van der Waals surface area contributed by atoms with Gasteiger partial charge in [0, 0.05) is 50.7 Å². The Hall–Kier alpha value is -2.45. The van der Waals surface area contributed by atoms with Gasteiger partial charge in [-0.05, 0) is 30.2 Å². The first-order valence-corrected chi connectivity index (χ1v) is 10.7. The van der Waals surface area contributed by atoms with Gasteiger partial charge in [0.2, 0.25) is 0 Å². The number of aromatic nitrogens is 1. The van der Waals surface area contributed by atoms with Crippen LogP contribution in [0.5, 0.6) is 0 Å². The molecule has 1 fully saturated rings. The summed E-state index contributed by atoms with van der Waals surface area (Å²) in [5.74, 6) is 0. The third kappa shape index (κ3) is 5.05. The summed E-state index contributed by atoms with van der Waals surface area (Å²) in [6.45, 7) is 3.48. The predicted molar refractivity (Wildman–Crippen MR) is 103 cm³/mol. The minimum atomic E-state index is -3.20. The van der Waals surface area contributed by atoms with Gasteiger partial charge in [-0.3, -0.25) is 9.88 Å². The van der Waals surface area contributed by atoms with Gasteiger partial charge in [0.1, 0.15) is 0 Å². The quantitative estimate of drug-likeness (QED) is 0.841. The predicted octanol–water partition coefficient (Wildman–Crippen LogP) is 1.99. The summed E-state index contributed by atoms with van der Waals surface area (Å²) >= 11 is 0. The highest BCUT2D eigenvalue weighted by atomic mass is 32.2. The van der Waals surface area contributed by atoms with Crippen molar-refractivity contribution < 1.29 is 18.3 Å². The van der Waals surface area contributed by atoms with Gasteiger partial charge in [-0.15, -0.1) is 0 Å². The average molecular weight is 389 g/mol. The minimum Gasteiger partial charge on any atom is -0.465 e. The number of nitrogens with zero attached hydrogens (tertiary/aromatic N) is 3. The van der Waals surface area contributed by atoms with Gasteiger partial charge < -0.3 is 10.0 Å². The van der Waals surface area contributed by atoms with E-state index in [-0.39, 0.29) is 0 Å². The van der Waals surface area contributed by atoms with Crippen molar-refractivity contribution in [1.29, 1.82) is 0 Å². The van der Waals surface area contributed by atoms with Gasteiger partial charge in [0.15, 0.2) is 9.84 Å². The van der Waals surface area contributed by atoms with E-state index in [1.165, 1.54) is 11.2 Å². The molecular weight excluding hydrogens is 366 g/mol. The summed E-state index contributed by atoms with van der Waals surface area (Å²) in [5.41, 5.74) is 2.79. The van der Waals surface area contributed by atoms with E-state index in [0.29, 0.717) is 18.0 Å². The fraction of sp³-hybridized carbons (Fsp3) is 0.368. The number of pyridine rings is 1. The first-order valence-electron chi connectivity index (χ1n) is 8.78. The number of rotatable bonds is 5. The Morgan fingerprint density at radius 3 is 2.26 bits per heavy atom. The number of hydrogen-bond donors (Lipinski definition) is 1. The molecule has 144 valence electrons. The second-order valence-electron chi connectivity index (χ2n) is 6.71. The van der Waals surface area contributed by atoms with Gasteiger partial charge in [-0.1, -0.05) is 18.2 Å². The maximum absolute atomic E-state index is 11.5. The second kappa shape index (κ2) is 8.06. The first kappa shape index (κ1) is 19.3. The van der Waals surface area contributed by atoms with Crippen molar-refractivity contribution in [1.82, 2.24) is 14.8 Å². The van der Waals surface area contributed by atoms with E-state index in [2.05, 4.69) is 9.88 Å². The van der Waals surface area contributed by atoms with Crippen molar-refractivity contribution in [3.8, 4) is 11.3 Å². The maximum Gasteiger partial charge on any atom is 0.407 e. The van der Waals surface area contributed by atoms with E-state index in [0.717, 1.165) is 42.9 Å². The molecule has 1 aliphatic rings. The lowest BCUT2D eigenvalue weighted by Crippen LogP contribution is -2.48. The van der Waals surface area contributed by atoms with Crippen molar-refractivity contribution in [3.63, 3.8) is 0 Å². The molecule has 0 saturated carbocycles. The molecular formula is C19H23N3O4S. The second-order valence-corrected chi connectivity index (χ2v) is 8.73. The van der Waals surface area contributed by atoms with Crippen molar-refractivity contribution in [2.75, 3.05) is 39.0 Å². The number of piperazine rings is 1. The topological polar surface area (TPSA) is 90.8 Å². The molecule has 1 amide bonds. The molecule has 1 saturated heterocycles. The van der Waals surface area contributed by atoms with Gasteiger partial charge in [0.25, 0.3) is 0 Å². The Labute approximate surface area is 159 Å². The van der Waals surface area contributed by atoms with E-state index in [1.807, 2.05) is 18.3 Å². The van der Waals surface area contributed by atoms with Crippen LogP contribution in [-0.2, 0) is 16.3 Å². The Kier molecular flexibility index (Phi) is 5.76. The summed E-state index contributed by atoms with van der Waals surface area (Å²) < 4.78 is 23.1. The van der Waals surface area contributed by atoms with Crippen LogP contribution < -0.4 is 0 Å². The molecule has 0 atom stereocenters. The highest BCUT2D eigenvalue weighted by molar-refractivity contribution is 7.90. The SMILES string of the molecule is CS(=O)(=O)c1ccc(-c2ccc(CCN3CCN(C(=O)O)CC3)cn2)cc1. The number of amides is 1. The molecule has 8 heteroatoms. The Morgan fingerprint density at radius 1 is 1.07 bits per heavy atom. The van der Waals surface area contributed by atoms with Crippen molar-refractivity contribution in [3.05, 3.63) is 48.2 Å². The zero-order chi connectivity index (χ0) is 19.4. The Morgan fingerprint density at radius 2 is 1.74 bits per heavy atom. The van der Waals surface area contributed by atoms with E-state index in [1.54, 1.807) is 24.3 Å². The van der Waals surface area contributed by atoms with E-state index >= 15 is 0 Å². The van der Waals surface area contributed by atoms with Crippen LogP contribution >= 0.6 is 0 Å². The zero-order valence-corrected chi connectivity index (χ0v) is 16.0. The monoisotopic (exact) mass is 389 g/mol. The molecule has 0 aliphatic carbocycles. The summed E-state index contributed by atoms with van der Waals surface area (Å²) in [6.07, 6.45) is 3.04. The van der Waals surface area contributed by atoms with Crippen LogP contribution in [0, 0.1) is 0 Å². The van der Waals surface area contributed by atoms with Gasteiger partial charge in [0.05, 0.1) is 10.6 Å². The highest BCUT2D eigenvalue weighted by Gasteiger charge is 2.19. The van der Waals surface area contributed by atoms with Crippen LogP contribution in [0.4, 0.5) is 4.79 Å². The number of hydrogen-bond acceptors (Lipinski definition) is 5. The first-order chi connectivity index (χ1) is 12.8. The molecule has 0 spiro atoms. The Bertz CT molecular complexity index is 888. The molecule has 27 heavy (non-hydrogen) atoms. The summed E-state index contributed by atoms with van der Waals surface area (Å²) in [6, 6.07) is 10.7. The fourth-order valence-electron chi connectivity index (χ4n) is 3.07. The number of sulfone groups is 1. The van der Waals surface area contributed by atoms with Crippen LogP contribution in [0.2, 0.25) is 0 Å². The normalized spacial score (nSPS) is 15.7. The van der Waals surface area contributed by atoms with Gasteiger partial charge in [-0.2, -0.15) is 0 Å². The molecule has 3 rings (SSSR count). The molecule has 1 aromatic carbocycles. The van der Waals surface area contributed by atoms with Crippen molar-refractivity contribution >= 4 is 15.9 Å². The van der Waals surface area contributed by atoms with Crippen LogP contribution in [0.25, 0.3) is 11.3 Å². The van der Waals surface area contributed by atoms with E-state index < -0.39 is 15.9 Å². The number of carbonyl (C=O) groups is 1. The van der Waals surface area contributed by atoms with Gasteiger partial charge >= 0.3 is 6.09 Å². The summed E-state index contributed by atoms with van der Waals surface area (Å²) in [5, 5.41) is 8.98. The zero-order valence-electron chi connectivity index (χ0n) is 15.2. The maximum atomic E-state index is 11.5. The number of benzene rings is 1.